The highest BCUT2D eigenvalue weighted by molar-refractivity contribution is 5.27. The summed E-state index contributed by atoms with van der Waals surface area (Å²) >= 11 is 0. The normalized spacial score (nSPS) is 9.75. The first-order valence-corrected chi connectivity index (χ1v) is 5.23. The molecule has 0 amide bonds. The number of hydrogen-bond donors (Lipinski definition) is 1. The number of hydrogen-bond acceptors (Lipinski definition) is 3. The lowest BCUT2D eigenvalue weighted by Gasteiger charge is -2.13. The van der Waals surface area contributed by atoms with Gasteiger partial charge in [-0.05, 0) is 24.7 Å². The Morgan fingerprint density at radius 2 is 1.94 bits per heavy atom. The summed E-state index contributed by atoms with van der Waals surface area (Å²) in [5, 5.41) is 0. The molecule has 0 radical (unpaired) electrons. The average molecular weight is 218 g/mol. The Hall–Kier alpha value is -1.50. The molecule has 1 aromatic rings. The van der Waals surface area contributed by atoms with Gasteiger partial charge in [0.15, 0.2) is 0 Å². The monoisotopic (exact) mass is 218 g/mol. The van der Waals surface area contributed by atoms with Crippen LogP contribution in [-0.4, -0.2) is 32.1 Å². The van der Waals surface area contributed by atoms with Gasteiger partial charge in [-0.15, -0.1) is 0 Å². The first kappa shape index (κ1) is 12.6. The van der Waals surface area contributed by atoms with Crippen LogP contribution in [0.5, 0.6) is 5.75 Å². The van der Waals surface area contributed by atoms with E-state index in [-0.39, 0.29) is 0 Å². The second-order valence-corrected chi connectivity index (χ2v) is 3.58. The summed E-state index contributed by atoms with van der Waals surface area (Å²) in [4.78, 5) is 2.14. The molecule has 0 saturated carbocycles. The third-order valence-electron chi connectivity index (χ3n) is 2.19. The van der Waals surface area contributed by atoms with E-state index in [0.29, 0.717) is 6.54 Å². The smallest absolute Gasteiger partial charge is 0.118 e. The van der Waals surface area contributed by atoms with E-state index in [9.17, 15) is 0 Å². The Bertz CT molecular complexity index is 362. The Morgan fingerprint density at radius 3 is 2.50 bits per heavy atom. The Kier molecular flexibility index (Phi) is 5.41. The van der Waals surface area contributed by atoms with Crippen LogP contribution in [0.3, 0.4) is 0 Å². The summed E-state index contributed by atoms with van der Waals surface area (Å²) in [6.45, 7) is 2.04. The zero-order valence-corrected chi connectivity index (χ0v) is 9.86. The van der Waals surface area contributed by atoms with Gasteiger partial charge in [0.2, 0.25) is 0 Å². The molecule has 0 bridgehead atoms. The van der Waals surface area contributed by atoms with E-state index in [1.807, 2.05) is 19.2 Å². The predicted octanol–water partition coefficient (Wildman–Crippen LogP) is 1.09. The Labute approximate surface area is 97.2 Å². The molecule has 3 heteroatoms. The van der Waals surface area contributed by atoms with Crippen LogP contribution in [0.4, 0.5) is 0 Å². The van der Waals surface area contributed by atoms with Crippen LogP contribution in [0.2, 0.25) is 0 Å². The van der Waals surface area contributed by atoms with E-state index in [4.69, 9.17) is 10.5 Å². The quantitative estimate of drug-likeness (QED) is 0.769. The number of methoxy groups -OCH3 is 1. The van der Waals surface area contributed by atoms with Crippen molar-refractivity contribution < 1.29 is 4.74 Å². The third-order valence-corrected chi connectivity index (χ3v) is 2.19. The van der Waals surface area contributed by atoms with Crippen molar-refractivity contribution >= 4 is 0 Å². The fourth-order valence-electron chi connectivity index (χ4n) is 1.36. The molecule has 3 nitrogen and oxygen atoms in total. The van der Waals surface area contributed by atoms with E-state index in [1.165, 1.54) is 5.56 Å². The van der Waals surface area contributed by atoms with Crippen LogP contribution in [0.25, 0.3) is 0 Å². The van der Waals surface area contributed by atoms with Crippen molar-refractivity contribution in [1.29, 1.82) is 0 Å². The molecule has 0 aromatic heterocycles. The first-order valence-electron chi connectivity index (χ1n) is 5.23. The highest BCUT2D eigenvalue weighted by Crippen LogP contribution is 2.12. The van der Waals surface area contributed by atoms with Gasteiger partial charge in [-0.2, -0.15) is 0 Å². The summed E-state index contributed by atoms with van der Waals surface area (Å²) in [7, 11) is 3.71. The number of nitrogens with zero attached hydrogens (tertiary/aromatic N) is 1. The molecule has 0 aliphatic rings. The lowest BCUT2D eigenvalue weighted by Crippen LogP contribution is -2.18. The zero-order chi connectivity index (χ0) is 11.8. The van der Waals surface area contributed by atoms with Crippen molar-refractivity contribution in [1.82, 2.24) is 4.90 Å². The second kappa shape index (κ2) is 6.89. The summed E-state index contributed by atoms with van der Waals surface area (Å²) in [6.07, 6.45) is 0. The number of rotatable bonds is 4. The fraction of sp³-hybridized carbons (Fsp3) is 0.385. The molecule has 0 fully saturated rings. The number of ether oxygens (including phenoxy) is 1. The van der Waals surface area contributed by atoms with Crippen LogP contribution in [0.1, 0.15) is 5.56 Å². The van der Waals surface area contributed by atoms with Gasteiger partial charge in [-0.1, -0.05) is 24.0 Å². The average Bonchev–Trinajstić information content (AvgIpc) is 2.30. The maximum absolute atomic E-state index is 5.29. The van der Waals surface area contributed by atoms with Crippen molar-refractivity contribution in [2.45, 2.75) is 6.54 Å². The van der Waals surface area contributed by atoms with Gasteiger partial charge >= 0.3 is 0 Å². The topological polar surface area (TPSA) is 38.5 Å². The fourth-order valence-corrected chi connectivity index (χ4v) is 1.36. The van der Waals surface area contributed by atoms with Gasteiger partial charge < -0.3 is 10.5 Å². The van der Waals surface area contributed by atoms with Crippen LogP contribution in [0.15, 0.2) is 24.3 Å². The Morgan fingerprint density at radius 1 is 1.25 bits per heavy atom. The van der Waals surface area contributed by atoms with Crippen molar-refractivity contribution in [3.63, 3.8) is 0 Å². The summed E-state index contributed by atoms with van der Waals surface area (Å²) in [6, 6.07) is 8.06. The number of nitrogens with two attached hydrogens (primary N) is 1. The van der Waals surface area contributed by atoms with Gasteiger partial charge in [0, 0.05) is 6.54 Å². The molecule has 86 valence electrons. The highest BCUT2D eigenvalue weighted by Gasteiger charge is 1.98. The van der Waals surface area contributed by atoms with Crippen molar-refractivity contribution in [2.75, 3.05) is 27.2 Å². The van der Waals surface area contributed by atoms with Crippen molar-refractivity contribution in [2.24, 2.45) is 5.73 Å². The molecule has 2 N–H and O–H groups in total. The minimum atomic E-state index is 0.427. The zero-order valence-electron chi connectivity index (χ0n) is 9.86. The van der Waals surface area contributed by atoms with Crippen LogP contribution >= 0.6 is 0 Å². The van der Waals surface area contributed by atoms with Gasteiger partial charge in [0.1, 0.15) is 5.75 Å². The summed E-state index contributed by atoms with van der Waals surface area (Å²) in [5.41, 5.74) is 6.54. The van der Waals surface area contributed by atoms with E-state index in [1.54, 1.807) is 7.11 Å². The minimum absolute atomic E-state index is 0.427. The maximum atomic E-state index is 5.29. The van der Waals surface area contributed by atoms with E-state index in [0.717, 1.165) is 18.8 Å². The molecule has 0 aliphatic carbocycles. The van der Waals surface area contributed by atoms with Crippen molar-refractivity contribution in [3.05, 3.63) is 29.8 Å². The minimum Gasteiger partial charge on any atom is -0.497 e. The van der Waals surface area contributed by atoms with E-state index < -0.39 is 0 Å². The lowest BCUT2D eigenvalue weighted by molar-refractivity contribution is 0.368. The van der Waals surface area contributed by atoms with Crippen LogP contribution in [0, 0.1) is 11.8 Å². The van der Waals surface area contributed by atoms with Gasteiger partial charge in [-0.25, -0.2) is 0 Å². The van der Waals surface area contributed by atoms with Crippen LogP contribution < -0.4 is 10.5 Å². The Balaban J connectivity index is 2.46. The molecule has 0 heterocycles. The van der Waals surface area contributed by atoms with Crippen molar-refractivity contribution in [3.8, 4) is 17.6 Å². The first-order chi connectivity index (χ1) is 7.76. The molecule has 0 atom stereocenters. The largest absolute Gasteiger partial charge is 0.497 e. The van der Waals surface area contributed by atoms with Gasteiger partial charge in [-0.3, -0.25) is 4.90 Å². The molecular formula is C13H18N2O. The summed E-state index contributed by atoms with van der Waals surface area (Å²) in [5.74, 6) is 6.74. The molecule has 0 saturated heterocycles. The third kappa shape index (κ3) is 4.35. The van der Waals surface area contributed by atoms with E-state index in [2.05, 4.69) is 28.9 Å². The van der Waals surface area contributed by atoms with Crippen LogP contribution in [-0.2, 0) is 6.54 Å². The van der Waals surface area contributed by atoms with Gasteiger partial charge in [0.05, 0.1) is 20.2 Å². The molecule has 1 aromatic carbocycles. The van der Waals surface area contributed by atoms with Gasteiger partial charge in [0.25, 0.3) is 0 Å². The van der Waals surface area contributed by atoms with E-state index >= 15 is 0 Å². The molecule has 0 unspecified atom stereocenters. The highest BCUT2D eigenvalue weighted by atomic mass is 16.5. The second-order valence-electron chi connectivity index (χ2n) is 3.58. The standard InChI is InChI=1S/C13H18N2O/c1-15(10-4-3-9-14)11-12-5-7-13(16-2)8-6-12/h5-8H,9-11,14H2,1-2H3. The lowest BCUT2D eigenvalue weighted by atomic mass is 10.2. The molecule has 16 heavy (non-hydrogen) atoms. The maximum Gasteiger partial charge on any atom is 0.118 e. The SMILES string of the molecule is COc1ccc(CN(C)CC#CCN)cc1. The predicted molar refractivity (Wildman–Crippen MR) is 66.2 cm³/mol. The molecule has 0 spiro atoms. The number of benzene rings is 1. The molecular weight excluding hydrogens is 200 g/mol. The molecule has 1 rings (SSSR count). The molecule has 0 aliphatic heterocycles. The summed E-state index contributed by atoms with van der Waals surface area (Å²) < 4.78 is 5.10.